The van der Waals surface area contributed by atoms with Gasteiger partial charge in [0.25, 0.3) is 5.91 Å². The number of hydrogen-bond donors (Lipinski definition) is 1. The van der Waals surface area contributed by atoms with Crippen LogP contribution in [0.25, 0.3) is 0 Å². The van der Waals surface area contributed by atoms with Crippen LogP contribution in [0, 0.1) is 0 Å². The molecule has 1 rings (SSSR count). The lowest BCUT2D eigenvalue weighted by atomic mass is 10.1. The second-order valence-electron chi connectivity index (χ2n) is 5.07. The Morgan fingerprint density at radius 2 is 2.20 bits per heavy atom. The number of hydrogen-bond acceptors (Lipinski definition) is 4. The summed E-state index contributed by atoms with van der Waals surface area (Å²) < 4.78 is 0. The van der Waals surface area contributed by atoms with Gasteiger partial charge in [-0.15, -0.1) is 0 Å². The van der Waals surface area contributed by atoms with Crippen molar-refractivity contribution in [3.8, 4) is 0 Å². The summed E-state index contributed by atoms with van der Waals surface area (Å²) in [6.45, 7) is 4.16. The van der Waals surface area contributed by atoms with Crippen LogP contribution in [-0.2, 0) is 6.42 Å². The van der Waals surface area contributed by atoms with Crippen LogP contribution in [0.1, 0.15) is 42.7 Å². The van der Waals surface area contributed by atoms with Crippen molar-refractivity contribution < 1.29 is 4.79 Å². The van der Waals surface area contributed by atoms with Crippen molar-refractivity contribution in [2.45, 2.75) is 39.2 Å². The van der Waals surface area contributed by atoms with Gasteiger partial charge in [0.1, 0.15) is 5.82 Å². The van der Waals surface area contributed by atoms with Crippen LogP contribution in [-0.4, -0.2) is 40.9 Å². The summed E-state index contributed by atoms with van der Waals surface area (Å²) in [6, 6.07) is 3.75. The lowest BCUT2D eigenvalue weighted by molar-refractivity contribution is 0.0741. The number of nitrogens with two attached hydrogens (primary N) is 1. The van der Waals surface area contributed by atoms with Crippen LogP contribution < -0.4 is 5.73 Å². The summed E-state index contributed by atoms with van der Waals surface area (Å²) in [5, 5.41) is 0. The molecular formula is C15H25N3OS. The second kappa shape index (κ2) is 8.15. The maximum atomic E-state index is 12.5. The molecule has 0 aliphatic carbocycles. The smallest absolute Gasteiger partial charge is 0.254 e. The van der Waals surface area contributed by atoms with Crippen molar-refractivity contribution in [1.82, 2.24) is 9.88 Å². The van der Waals surface area contributed by atoms with Gasteiger partial charge in [0.15, 0.2) is 0 Å². The van der Waals surface area contributed by atoms with Gasteiger partial charge in [-0.25, -0.2) is 4.98 Å². The van der Waals surface area contributed by atoms with Crippen LogP contribution >= 0.6 is 11.8 Å². The summed E-state index contributed by atoms with van der Waals surface area (Å²) in [5.74, 6) is 1.49. The van der Waals surface area contributed by atoms with E-state index in [2.05, 4.69) is 25.1 Å². The highest BCUT2D eigenvalue weighted by Crippen LogP contribution is 2.14. The van der Waals surface area contributed by atoms with Gasteiger partial charge < -0.3 is 10.6 Å². The van der Waals surface area contributed by atoms with E-state index in [1.807, 2.05) is 13.1 Å². The number of carbonyl (C=O) groups excluding carboxylic acids is 1. The molecule has 0 radical (unpaired) electrons. The molecule has 0 saturated heterocycles. The topological polar surface area (TPSA) is 59.2 Å². The first-order valence-corrected chi connectivity index (χ1v) is 8.41. The predicted octanol–water partition coefficient (Wildman–Crippen LogP) is 2.83. The van der Waals surface area contributed by atoms with E-state index in [9.17, 15) is 4.79 Å². The van der Waals surface area contributed by atoms with E-state index in [1.165, 1.54) is 0 Å². The zero-order chi connectivity index (χ0) is 15.1. The number of pyridine rings is 1. The molecule has 20 heavy (non-hydrogen) atoms. The molecule has 0 spiro atoms. The summed E-state index contributed by atoms with van der Waals surface area (Å²) in [4.78, 5) is 18.5. The van der Waals surface area contributed by atoms with E-state index in [4.69, 9.17) is 5.73 Å². The molecule has 4 nitrogen and oxygen atoms in total. The Morgan fingerprint density at radius 1 is 1.50 bits per heavy atom. The van der Waals surface area contributed by atoms with Crippen LogP contribution in [0.5, 0.6) is 0 Å². The van der Waals surface area contributed by atoms with Crippen molar-refractivity contribution in [2.24, 2.45) is 0 Å². The Balaban J connectivity index is 2.85. The molecule has 0 saturated carbocycles. The Bertz CT molecular complexity index is 451. The lowest BCUT2D eigenvalue weighted by Crippen LogP contribution is -2.35. The first-order chi connectivity index (χ1) is 9.49. The van der Waals surface area contributed by atoms with Crippen molar-refractivity contribution in [3.05, 3.63) is 23.4 Å². The second-order valence-corrected chi connectivity index (χ2v) is 6.05. The summed E-state index contributed by atoms with van der Waals surface area (Å²) in [6.07, 6.45) is 4.90. The maximum absolute atomic E-state index is 12.5. The van der Waals surface area contributed by atoms with E-state index < -0.39 is 0 Å². The molecule has 0 aliphatic heterocycles. The Morgan fingerprint density at radius 3 is 2.80 bits per heavy atom. The molecule has 1 atom stereocenters. The van der Waals surface area contributed by atoms with Crippen molar-refractivity contribution in [2.75, 3.05) is 24.8 Å². The minimum Gasteiger partial charge on any atom is -0.384 e. The third-order valence-corrected chi connectivity index (χ3v) is 4.02. The molecule has 1 aromatic heterocycles. The molecule has 0 fully saturated rings. The molecule has 112 valence electrons. The molecule has 1 aromatic rings. The number of aryl methyl sites for hydroxylation is 1. The minimum atomic E-state index is 0.0186. The first-order valence-electron chi connectivity index (χ1n) is 7.02. The average Bonchev–Trinajstić information content (AvgIpc) is 2.42. The predicted molar refractivity (Wildman–Crippen MR) is 87.2 cm³/mol. The SMILES string of the molecule is CCCc1cc(C(=O)N(C)C(C)CCSC)cc(N)n1. The van der Waals surface area contributed by atoms with Gasteiger partial charge in [0, 0.05) is 24.3 Å². The highest BCUT2D eigenvalue weighted by molar-refractivity contribution is 7.98. The number of nitrogen functional groups attached to an aromatic ring is 1. The number of rotatable bonds is 7. The van der Waals surface area contributed by atoms with Gasteiger partial charge in [-0.3, -0.25) is 4.79 Å². The number of anilines is 1. The molecule has 1 amide bonds. The standard InChI is InChI=1S/C15H25N3OS/c1-5-6-13-9-12(10-14(16)17-13)15(19)18(3)11(2)7-8-20-4/h9-11H,5-8H2,1-4H3,(H2,16,17). The number of nitrogens with zero attached hydrogens (tertiary/aromatic N) is 2. The fourth-order valence-corrected chi connectivity index (χ4v) is 2.58. The molecule has 0 aromatic carbocycles. The summed E-state index contributed by atoms with van der Waals surface area (Å²) in [5.41, 5.74) is 7.33. The largest absolute Gasteiger partial charge is 0.384 e. The molecule has 1 unspecified atom stereocenters. The molecule has 0 bridgehead atoms. The highest BCUT2D eigenvalue weighted by atomic mass is 32.2. The van der Waals surface area contributed by atoms with Gasteiger partial charge in [-0.1, -0.05) is 13.3 Å². The van der Waals surface area contributed by atoms with Gasteiger partial charge in [-0.05, 0) is 43.9 Å². The van der Waals surface area contributed by atoms with E-state index >= 15 is 0 Å². The Kier molecular flexibility index (Phi) is 6.85. The third-order valence-electron chi connectivity index (χ3n) is 3.37. The monoisotopic (exact) mass is 295 g/mol. The molecule has 5 heteroatoms. The van der Waals surface area contributed by atoms with Crippen LogP contribution in [0.15, 0.2) is 12.1 Å². The minimum absolute atomic E-state index is 0.0186. The van der Waals surface area contributed by atoms with E-state index in [0.29, 0.717) is 11.4 Å². The number of amides is 1. The Labute approximate surface area is 126 Å². The van der Waals surface area contributed by atoms with E-state index in [-0.39, 0.29) is 11.9 Å². The van der Waals surface area contributed by atoms with Gasteiger partial charge >= 0.3 is 0 Å². The van der Waals surface area contributed by atoms with E-state index in [1.54, 1.807) is 22.7 Å². The highest BCUT2D eigenvalue weighted by Gasteiger charge is 2.18. The van der Waals surface area contributed by atoms with E-state index in [0.717, 1.165) is 30.7 Å². The van der Waals surface area contributed by atoms with Crippen LogP contribution in [0.3, 0.4) is 0 Å². The van der Waals surface area contributed by atoms with Gasteiger partial charge in [0.05, 0.1) is 0 Å². The number of aromatic nitrogens is 1. The molecule has 1 heterocycles. The molecular weight excluding hydrogens is 270 g/mol. The number of thioether (sulfide) groups is 1. The van der Waals surface area contributed by atoms with Crippen LogP contribution in [0.4, 0.5) is 5.82 Å². The van der Waals surface area contributed by atoms with Gasteiger partial charge in [0.2, 0.25) is 0 Å². The fraction of sp³-hybridized carbons (Fsp3) is 0.600. The fourth-order valence-electron chi connectivity index (χ4n) is 2.00. The molecule has 2 N–H and O–H groups in total. The zero-order valence-corrected chi connectivity index (χ0v) is 13.7. The van der Waals surface area contributed by atoms with Crippen molar-refractivity contribution in [1.29, 1.82) is 0 Å². The number of carbonyl (C=O) groups is 1. The maximum Gasteiger partial charge on any atom is 0.254 e. The summed E-state index contributed by atoms with van der Waals surface area (Å²) in [7, 11) is 1.85. The van der Waals surface area contributed by atoms with Crippen molar-refractivity contribution >= 4 is 23.5 Å². The first kappa shape index (κ1) is 16.8. The quantitative estimate of drug-likeness (QED) is 0.840. The van der Waals surface area contributed by atoms with Crippen LogP contribution in [0.2, 0.25) is 0 Å². The average molecular weight is 295 g/mol. The van der Waals surface area contributed by atoms with Gasteiger partial charge in [-0.2, -0.15) is 11.8 Å². The Hall–Kier alpha value is -1.23. The third kappa shape index (κ3) is 4.71. The summed E-state index contributed by atoms with van der Waals surface area (Å²) >= 11 is 1.80. The van der Waals surface area contributed by atoms with Crippen molar-refractivity contribution in [3.63, 3.8) is 0 Å². The molecule has 0 aliphatic rings. The lowest BCUT2D eigenvalue weighted by Gasteiger charge is -2.25. The normalized spacial score (nSPS) is 12.2. The zero-order valence-electron chi connectivity index (χ0n) is 12.8.